The highest BCUT2D eigenvalue weighted by Gasteiger charge is 2.28. The highest BCUT2D eigenvalue weighted by molar-refractivity contribution is 7.89. The number of benzene rings is 3. The zero-order valence-corrected chi connectivity index (χ0v) is 22.3. The molecule has 0 unspecified atom stereocenters. The van der Waals surface area contributed by atoms with E-state index in [1.54, 1.807) is 24.3 Å². The standard InChI is InChI=1S/C27H30N2O8S/c1-5-37-19-11-13-20(14-12-19)38(32,33)29-23(15-18-9-7-6-8-10-18)26(30)28-22-17-25(35-3)24(34-2)16-21(22)27(31)36-4/h6-14,16-17,23,29H,5,15H2,1-4H3,(H,28,30)/t23-/m1/s1. The summed E-state index contributed by atoms with van der Waals surface area (Å²) in [7, 11) is -0.0911. The van der Waals surface area contributed by atoms with Gasteiger partial charge in [-0.25, -0.2) is 13.2 Å². The first-order chi connectivity index (χ1) is 18.2. The van der Waals surface area contributed by atoms with Gasteiger partial charge in [-0.1, -0.05) is 30.3 Å². The van der Waals surface area contributed by atoms with Gasteiger partial charge in [0.1, 0.15) is 11.8 Å². The van der Waals surface area contributed by atoms with Crippen LogP contribution < -0.4 is 24.2 Å². The van der Waals surface area contributed by atoms with Crippen LogP contribution >= 0.6 is 0 Å². The molecule has 11 heteroatoms. The predicted octanol–water partition coefficient (Wildman–Crippen LogP) is 3.42. The summed E-state index contributed by atoms with van der Waals surface area (Å²) >= 11 is 0. The lowest BCUT2D eigenvalue weighted by Crippen LogP contribution is -2.45. The van der Waals surface area contributed by atoms with Gasteiger partial charge in [-0.05, 0) is 43.2 Å². The second kappa shape index (κ2) is 12.9. The Morgan fingerprint density at radius 3 is 2.11 bits per heavy atom. The molecule has 2 N–H and O–H groups in total. The maximum absolute atomic E-state index is 13.5. The van der Waals surface area contributed by atoms with Gasteiger partial charge in [-0.15, -0.1) is 0 Å². The van der Waals surface area contributed by atoms with Crippen molar-refractivity contribution in [2.45, 2.75) is 24.3 Å². The Labute approximate surface area is 221 Å². The van der Waals surface area contributed by atoms with Crippen LogP contribution in [0.4, 0.5) is 5.69 Å². The van der Waals surface area contributed by atoms with E-state index < -0.39 is 27.9 Å². The van der Waals surface area contributed by atoms with Crippen LogP contribution in [0.15, 0.2) is 71.6 Å². The van der Waals surface area contributed by atoms with Crippen LogP contribution in [0.25, 0.3) is 0 Å². The number of sulfonamides is 1. The molecule has 3 aromatic carbocycles. The maximum Gasteiger partial charge on any atom is 0.340 e. The van der Waals surface area contributed by atoms with Crippen molar-refractivity contribution in [1.29, 1.82) is 0 Å². The quantitative estimate of drug-likeness (QED) is 0.333. The van der Waals surface area contributed by atoms with Gasteiger partial charge in [-0.2, -0.15) is 4.72 Å². The van der Waals surface area contributed by atoms with Gasteiger partial charge in [-0.3, -0.25) is 4.79 Å². The van der Waals surface area contributed by atoms with E-state index in [9.17, 15) is 18.0 Å². The summed E-state index contributed by atoms with van der Waals surface area (Å²) in [6.45, 7) is 2.26. The molecule has 0 bridgehead atoms. The molecule has 0 radical (unpaired) electrons. The number of anilines is 1. The summed E-state index contributed by atoms with van der Waals surface area (Å²) in [5, 5.41) is 2.65. The molecule has 0 aliphatic carbocycles. The monoisotopic (exact) mass is 542 g/mol. The van der Waals surface area contributed by atoms with Gasteiger partial charge in [0, 0.05) is 12.1 Å². The molecule has 0 spiro atoms. The molecule has 0 saturated carbocycles. The van der Waals surface area contributed by atoms with Crippen LogP contribution in [0.5, 0.6) is 17.2 Å². The van der Waals surface area contributed by atoms with Crippen molar-refractivity contribution in [3.8, 4) is 17.2 Å². The van der Waals surface area contributed by atoms with Crippen molar-refractivity contribution in [2.24, 2.45) is 0 Å². The Kier molecular flexibility index (Phi) is 9.69. The third-order valence-corrected chi connectivity index (χ3v) is 7.02. The average molecular weight is 543 g/mol. The van der Waals surface area contributed by atoms with Gasteiger partial charge >= 0.3 is 5.97 Å². The summed E-state index contributed by atoms with van der Waals surface area (Å²) in [6, 6.07) is 16.4. The summed E-state index contributed by atoms with van der Waals surface area (Å²) < 4.78 is 49.7. The number of rotatable bonds is 12. The van der Waals surface area contributed by atoms with Crippen molar-refractivity contribution in [3.05, 3.63) is 77.9 Å². The number of carbonyl (C=O) groups is 2. The van der Waals surface area contributed by atoms with Crippen molar-refractivity contribution in [1.82, 2.24) is 4.72 Å². The smallest absolute Gasteiger partial charge is 0.340 e. The topological polar surface area (TPSA) is 129 Å². The van der Waals surface area contributed by atoms with E-state index in [4.69, 9.17) is 18.9 Å². The first-order valence-corrected chi connectivity index (χ1v) is 13.1. The number of methoxy groups -OCH3 is 3. The number of hydrogen-bond acceptors (Lipinski definition) is 8. The summed E-state index contributed by atoms with van der Waals surface area (Å²) in [5.74, 6) is -0.390. The summed E-state index contributed by atoms with van der Waals surface area (Å²) in [5.41, 5.74) is 0.798. The van der Waals surface area contributed by atoms with Crippen LogP contribution in [0.2, 0.25) is 0 Å². The van der Waals surface area contributed by atoms with Gasteiger partial charge in [0.15, 0.2) is 11.5 Å². The molecular weight excluding hydrogens is 512 g/mol. The van der Waals surface area contributed by atoms with Gasteiger partial charge in [0.05, 0.1) is 44.1 Å². The number of hydrogen-bond donors (Lipinski definition) is 2. The van der Waals surface area contributed by atoms with Gasteiger partial charge in [0.2, 0.25) is 15.9 Å². The molecule has 1 amide bonds. The van der Waals surface area contributed by atoms with Crippen LogP contribution in [0.3, 0.4) is 0 Å². The van der Waals surface area contributed by atoms with Crippen LogP contribution in [-0.4, -0.2) is 54.3 Å². The molecule has 1 atom stereocenters. The molecule has 0 saturated heterocycles. The highest BCUT2D eigenvalue weighted by atomic mass is 32.2. The Morgan fingerprint density at radius 2 is 1.53 bits per heavy atom. The molecule has 3 aromatic rings. The van der Waals surface area contributed by atoms with Crippen molar-refractivity contribution in [2.75, 3.05) is 33.3 Å². The van der Waals surface area contributed by atoms with E-state index >= 15 is 0 Å². The van der Waals surface area contributed by atoms with Crippen LogP contribution in [0, 0.1) is 0 Å². The Balaban J connectivity index is 1.96. The molecule has 0 fully saturated rings. The Bertz CT molecular complexity index is 1360. The largest absolute Gasteiger partial charge is 0.494 e. The molecule has 0 aliphatic heterocycles. The normalized spacial score (nSPS) is 11.8. The fourth-order valence-electron chi connectivity index (χ4n) is 3.66. The number of carbonyl (C=O) groups excluding carboxylic acids is 2. The van der Waals surface area contributed by atoms with Crippen LogP contribution in [-0.2, 0) is 26.0 Å². The fraction of sp³-hybridized carbons (Fsp3) is 0.259. The number of ether oxygens (including phenoxy) is 4. The van der Waals surface area contributed by atoms with Gasteiger partial charge < -0.3 is 24.3 Å². The average Bonchev–Trinajstić information content (AvgIpc) is 2.92. The molecular formula is C27H30N2O8S. The predicted molar refractivity (Wildman–Crippen MR) is 141 cm³/mol. The van der Waals surface area contributed by atoms with Crippen molar-refractivity contribution < 1.29 is 37.0 Å². The van der Waals surface area contributed by atoms with E-state index in [0.717, 1.165) is 5.56 Å². The first kappa shape index (κ1) is 28.5. The van der Waals surface area contributed by atoms with Crippen molar-refractivity contribution in [3.63, 3.8) is 0 Å². The third-order valence-electron chi connectivity index (χ3n) is 5.53. The lowest BCUT2D eigenvalue weighted by Gasteiger charge is -2.20. The number of esters is 1. The second-order valence-electron chi connectivity index (χ2n) is 8.00. The molecule has 38 heavy (non-hydrogen) atoms. The van der Waals surface area contributed by atoms with E-state index in [-0.39, 0.29) is 34.1 Å². The minimum atomic E-state index is -4.11. The first-order valence-electron chi connectivity index (χ1n) is 11.7. The third kappa shape index (κ3) is 7.02. The lowest BCUT2D eigenvalue weighted by atomic mass is 10.1. The Morgan fingerprint density at radius 1 is 0.895 bits per heavy atom. The minimum absolute atomic E-state index is 0.00586. The number of nitrogens with one attached hydrogen (secondary N) is 2. The van der Waals surface area contributed by atoms with E-state index in [1.807, 2.05) is 13.0 Å². The molecule has 10 nitrogen and oxygen atoms in total. The zero-order chi connectivity index (χ0) is 27.7. The fourth-order valence-corrected chi connectivity index (χ4v) is 4.85. The van der Waals surface area contributed by atoms with E-state index in [0.29, 0.717) is 12.4 Å². The summed E-state index contributed by atoms with van der Waals surface area (Å²) in [4.78, 5) is 25.9. The molecule has 3 rings (SSSR count). The SMILES string of the molecule is CCOc1ccc(S(=O)(=O)N[C@H](Cc2ccccc2)C(=O)Nc2cc(OC)c(OC)cc2C(=O)OC)cc1. The molecule has 0 aliphatic rings. The zero-order valence-electron chi connectivity index (χ0n) is 21.5. The maximum atomic E-state index is 13.5. The van der Waals surface area contributed by atoms with Crippen molar-refractivity contribution >= 4 is 27.6 Å². The summed E-state index contributed by atoms with van der Waals surface area (Å²) in [6.07, 6.45) is 0.0454. The van der Waals surface area contributed by atoms with E-state index in [1.165, 1.54) is 57.7 Å². The molecule has 202 valence electrons. The minimum Gasteiger partial charge on any atom is -0.494 e. The second-order valence-corrected chi connectivity index (χ2v) is 9.72. The Hall–Kier alpha value is -4.09. The molecule has 0 aromatic heterocycles. The van der Waals surface area contributed by atoms with E-state index in [2.05, 4.69) is 10.0 Å². The van der Waals surface area contributed by atoms with Crippen LogP contribution in [0.1, 0.15) is 22.8 Å². The molecule has 0 heterocycles. The number of amides is 1. The van der Waals surface area contributed by atoms with Gasteiger partial charge in [0.25, 0.3) is 0 Å². The highest BCUT2D eigenvalue weighted by Crippen LogP contribution is 2.34. The lowest BCUT2D eigenvalue weighted by molar-refractivity contribution is -0.117.